The summed E-state index contributed by atoms with van der Waals surface area (Å²) >= 11 is 1.65. The number of nitrogens with zero attached hydrogens (tertiary/aromatic N) is 6. The molecule has 0 aliphatic carbocycles. The van der Waals surface area contributed by atoms with Gasteiger partial charge in [0, 0.05) is 24.0 Å². The Bertz CT molecular complexity index is 981. The molecule has 122 valence electrons. The van der Waals surface area contributed by atoms with Gasteiger partial charge in [-0.15, -0.1) is 21.5 Å². The number of nitriles is 1. The maximum absolute atomic E-state index is 9.71. The summed E-state index contributed by atoms with van der Waals surface area (Å²) in [6.07, 6.45) is 8.34. The Morgan fingerprint density at radius 2 is 2.17 bits per heavy atom. The Kier molecular flexibility index (Phi) is 3.69. The number of hydrogen-bond acceptors (Lipinski definition) is 5. The van der Waals surface area contributed by atoms with E-state index in [4.69, 9.17) is 0 Å². The van der Waals surface area contributed by atoms with E-state index in [2.05, 4.69) is 38.9 Å². The number of allylic oxidation sites excluding steroid dienone is 1. The van der Waals surface area contributed by atoms with Crippen molar-refractivity contribution in [2.75, 3.05) is 0 Å². The van der Waals surface area contributed by atoms with Gasteiger partial charge in [0.15, 0.2) is 10.8 Å². The molecule has 7 heteroatoms. The Morgan fingerprint density at radius 3 is 3.00 bits per heavy atom. The largest absolute Gasteiger partial charge is 0.310 e. The summed E-state index contributed by atoms with van der Waals surface area (Å²) < 4.78 is 4.15. The van der Waals surface area contributed by atoms with Crippen molar-refractivity contribution in [2.24, 2.45) is 0 Å². The van der Waals surface area contributed by atoms with Crippen molar-refractivity contribution in [2.45, 2.75) is 46.1 Å². The van der Waals surface area contributed by atoms with Crippen molar-refractivity contribution < 1.29 is 0 Å². The van der Waals surface area contributed by atoms with Crippen molar-refractivity contribution in [3.8, 4) is 6.07 Å². The summed E-state index contributed by atoms with van der Waals surface area (Å²) in [6.45, 7) is 4.92. The van der Waals surface area contributed by atoms with Crippen LogP contribution in [-0.2, 0) is 13.0 Å². The first kappa shape index (κ1) is 15.1. The average Bonchev–Trinajstić information content (AvgIpc) is 3.13. The third-order valence-electron chi connectivity index (χ3n) is 4.41. The number of aromatic nitrogens is 5. The molecule has 0 fully saturated rings. The third kappa shape index (κ3) is 2.43. The number of fused-ring (bicyclic) bond motifs is 2. The molecule has 1 aliphatic rings. The van der Waals surface area contributed by atoms with Crippen molar-refractivity contribution in [3.63, 3.8) is 0 Å². The highest BCUT2D eigenvalue weighted by molar-refractivity contribution is 7.17. The number of hydrogen-bond donors (Lipinski definition) is 0. The first-order chi connectivity index (χ1) is 11.7. The zero-order chi connectivity index (χ0) is 16.7. The van der Waals surface area contributed by atoms with E-state index >= 15 is 0 Å². The van der Waals surface area contributed by atoms with Gasteiger partial charge in [-0.25, -0.2) is 4.98 Å². The van der Waals surface area contributed by atoms with Crippen LogP contribution >= 0.6 is 11.3 Å². The molecule has 0 radical (unpaired) electrons. The van der Waals surface area contributed by atoms with Gasteiger partial charge >= 0.3 is 0 Å². The lowest BCUT2D eigenvalue weighted by atomic mass is 10.2. The number of imidazole rings is 1. The van der Waals surface area contributed by atoms with Crippen LogP contribution in [-0.4, -0.2) is 24.1 Å². The molecule has 4 rings (SSSR count). The van der Waals surface area contributed by atoms with Gasteiger partial charge in [0.1, 0.15) is 11.9 Å². The molecule has 0 atom stereocenters. The highest BCUT2D eigenvalue weighted by Crippen LogP contribution is 2.25. The van der Waals surface area contributed by atoms with Crippen LogP contribution < -0.4 is 0 Å². The Morgan fingerprint density at radius 1 is 1.29 bits per heavy atom. The molecule has 3 aromatic heterocycles. The van der Waals surface area contributed by atoms with Crippen LogP contribution in [0.15, 0.2) is 6.20 Å². The van der Waals surface area contributed by atoms with Gasteiger partial charge in [-0.05, 0) is 32.8 Å². The summed E-state index contributed by atoms with van der Waals surface area (Å²) in [4.78, 5) is 6.74. The fourth-order valence-electron chi connectivity index (χ4n) is 3.22. The zero-order valence-corrected chi connectivity index (χ0v) is 14.6. The second-order valence-electron chi connectivity index (χ2n) is 6.15. The summed E-state index contributed by atoms with van der Waals surface area (Å²) in [6, 6.07) is 2.31. The van der Waals surface area contributed by atoms with Crippen molar-refractivity contribution >= 4 is 27.9 Å². The summed E-state index contributed by atoms with van der Waals surface area (Å²) in [5, 5.41) is 18.3. The second kappa shape index (κ2) is 5.87. The van der Waals surface area contributed by atoms with Crippen LogP contribution in [0.1, 0.15) is 47.2 Å². The van der Waals surface area contributed by atoms with E-state index < -0.39 is 0 Å². The Labute approximate surface area is 144 Å². The first-order valence-corrected chi connectivity index (χ1v) is 8.98. The van der Waals surface area contributed by atoms with Crippen LogP contribution in [0, 0.1) is 25.2 Å². The van der Waals surface area contributed by atoms with Gasteiger partial charge in [0.25, 0.3) is 0 Å². The third-order valence-corrected chi connectivity index (χ3v) is 5.31. The molecule has 0 saturated carbocycles. The van der Waals surface area contributed by atoms with Crippen LogP contribution in [0.5, 0.6) is 0 Å². The minimum atomic E-state index is 0.546. The highest BCUT2D eigenvalue weighted by atomic mass is 32.1. The highest BCUT2D eigenvalue weighted by Gasteiger charge is 2.19. The van der Waals surface area contributed by atoms with E-state index in [1.165, 1.54) is 11.3 Å². The lowest BCUT2D eigenvalue weighted by Gasteiger charge is -2.05. The van der Waals surface area contributed by atoms with E-state index in [9.17, 15) is 5.26 Å². The molecule has 3 aromatic rings. The van der Waals surface area contributed by atoms with Crippen LogP contribution in [0.25, 0.3) is 16.6 Å². The molecule has 24 heavy (non-hydrogen) atoms. The Balaban J connectivity index is 1.84. The molecule has 0 saturated heterocycles. The number of aryl methyl sites for hydroxylation is 3. The normalized spacial score (nSPS) is 15.3. The van der Waals surface area contributed by atoms with Gasteiger partial charge in [-0.1, -0.05) is 6.42 Å². The Hall–Kier alpha value is -2.46. The molecule has 6 nitrogen and oxygen atoms in total. The fourth-order valence-corrected chi connectivity index (χ4v) is 4.10. The molecular formula is C17H18N6S. The van der Waals surface area contributed by atoms with Crippen molar-refractivity contribution in [1.29, 1.82) is 5.26 Å². The summed E-state index contributed by atoms with van der Waals surface area (Å²) in [5.41, 5.74) is 2.41. The van der Waals surface area contributed by atoms with Crippen molar-refractivity contribution in [3.05, 3.63) is 34.1 Å². The van der Waals surface area contributed by atoms with Crippen LogP contribution in [0.3, 0.4) is 0 Å². The maximum atomic E-state index is 9.71. The van der Waals surface area contributed by atoms with Gasteiger partial charge in [0.05, 0.1) is 17.0 Å². The predicted molar refractivity (Wildman–Crippen MR) is 93.6 cm³/mol. The molecule has 0 aromatic carbocycles. The molecule has 0 unspecified atom stereocenters. The molecule has 0 bridgehead atoms. The lowest BCUT2D eigenvalue weighted by Crippen LogP contribution is -2.05. The molecule has 0 amide bonds. The zero-order valence-electron chi connectivity index (χ0n) is 13.8. The van der Waals surface area contributed by atoms with Crippen molar-refractivity contribution in [1.82, 2.24) is 24.1 Å². The molecule has 0 spiro atoms. The van der Waals surface area contributed by atoms with Gasteiger partial charge in [0.2, 0.25) is 0 Å². The maximum Gasteiger partial charge on any atom is 0.194 e. The van der Waals surface area contributed by atoms with Crippen LogP contribution in [0.4, 0.5) is 0 Å². The average molecular weight is 338 g/mol. The van der Waals surface area contributed by atoms with Gasteiger partial charge < -0.3 is 4.57 Å². The molecule has 1 aliphatic heterocycles. The van der Waals surface area contributed by atoms with E-state index in [-0.39, 0.29) is 0 Å². The fraction of sp³-hybridized carbons (Fsp3) is 0.412. The lowest BCUT2D eigenvalue weighted by molar-refractivity contribution is 0.627. The molecule has 0 N–H and O–H groups in total. The second-order valence-corrected chi connectivity index (χ2v) is 7.36. The summed E-state index contributed by atoms with van der Waals surface area (Å²) in [7, 11) is 0. The minimum Gasteiger partial charge on any atom is -0.310 e. The first-order valence-electron chi connectivity index (χ1n) is 8.16. The smallest absolute Gasteiger partial charge is 0.194 e. The van der Waals surface area contributed by atoms with Gasteiger partial charge in [-0.3, -0.25) is 4.40 Å². The predicted octanol–water partition coefficient (Wildman–Crippen LogP) is 3.39. The van der Waals surface area contributed by atoms with E-state index in [0.717, 1.165) is 48.0 Å². The van der Waals surface area contributed by atoms with E-state index in [0.29, 0.717) is 11.4 Å². The SMILES string of the molecule is Cc1cn2c(/C=C(\C#N)c3nnc4n3CCCCC4)c(C)nc2s1. The van der Waals surface area contributed by atoms with Crippen LogP contribution in [0.2, 0.25) is 0 Å². The summed E-state index contributed by atoms with van der Waals surface area (Å²) in [5.74, 6) is 1.67. The van der Waals surface area contributed by atoms with Gasteiger partial charge in [-0.2, -0.15) is 5.26 Å². The molecule has 4 heterocycles. The standard InChI is InChI=1S/C17H18N6S/c1-11-10-23-14(12(2)19-17(23)24-11)8-13(9-18)16-21-20-15-6-4-3-5-7-22(15)16/h8,10H,3-7H2,1-2H3/b13-8+. The number of rotatable bonds is 2. The monoisotopic (exact) mass is 338 g/mol. The topological polar surface area (TPSA) is 71.8 Å². The minimum absolute atomic E-state index is 0.546. The number of thiazole rings is 1. The van der Waals surface area contributed by atoms with E-state index in [1.54, 1.807) is 11.3 Å². The quantitative estimate of drug-likeness (QED) is 0.671. The van der Waals surface area contributed by atoms with E-state index in [1.807, 2.05) is 17.4 Å². The molecular weight excluding hydrogens is 320 g/mol.